The van der Waals surface area contributed by atoms with E-state index >= 15 is 0 Å². The number of hydrogen-bond donors (Lipinski definition) is 2. The van der Waals surface area contributed by atoms with Gasteiger partial charge in [-0.25, -0.2) is 9.97 Å². The van der Waals surface area contributed by atoms with Crippen LogP contribution in [0.2, 0.25) is 0 Å². The normalized spacial score (nSPS) is 10.4. The van der Waals surface area contributed by atoms with Gasteiger partial charge in [-0.05, 0) is 18.9 Å². The van der Waals surface area contributed by atoms with E-state index in [1.807, 2.05) is 13.0 Å². The molecule has 94 valence electrons. The second kappa shape index (κ2) is 6.83. The van der Waals surface area contributed by atoms with E-state index in [0.717, 1.165) is 12.2 Å². The summed E-state index contributed by atoms with van der Waals surface area (Å²) in [5.74, 6) is 1.10. The second-order valence-corrected chi connectivity index (χ2v) is 4.40. The summed E-state index contributed by atoms with van der Waals surface area (Å²) in [4.78, 5) is 19.7. The predicted molar refractivity (Wildman–Crippen MR) is 67.7 cm³/mol. The first-order valence-electron chi connectivity index (χ1n) is 5.88. The molecule has 1 heterocycles. The van der Waals surface area contributed by atoms with Crippen LogP contribution in [0.25, 0.3) is 0 Å². The number of anilines is 1. The number of hydrogen-bond acceptors (Lipinski definition) is 4. The van der Waals surface area contributed by atoms with Crippen LogP contribution in [0.5, 0.6) is 0 Å². The minimum atomic E-state index is 0.0545. The fourth-order valence-corrected chi connectivity index (χ4v) is 1.23. The van der Waals surface area contributed by atoms with Crippen LogP contribution in [0.4, 0.5) is 5.95 Å². The first-order chi connectivity index (χ1) is 8.08. The first-order valence-corrected chi connectivity index (χ1v) is 5.88. The maximum absolute atomic E-state index is 11.4. The molecule has 0 aromatic carbocycles. The van der Waals surface area contributed by atoms with Crippen LogP contribution in [0.3, 0.4) is 0 Å². The van der Waals surface area contributed by atoms with Crippen molar-refractivity contribution in [3.8, 4) is 0 Å². The minimum Gasteiger partial charge on any atom is -0.356 e. The Balaban J connectivity index is 2.21. The Morgan fingerprint density at radius 3 is 2.88 bits per heavy atom. The molecule has 0 spiro atoms. The van der Waals surface area contributed by atoms with Crippen molar-refractivity contribution in [2.24, 2.45) is 5.92 Å². The first kappa shape index (κ1) is 13.4. The summed E-state index contributed by atoms with van der Waals surface area (Å²) in [6, 6.07) is 1.83. The predicted octanol–water partition coefficient (Wildman–Crippen LogP) is 1.36. The maximum Gasteiger partial charge on any atom is 0.222 e. The summed E-state index contributed by atoms with van der Waals surface area (Å²) < 4.78 is 0. The number of nitrogens with one attached hydrogen (secondary N) is 2. The van der Waals surface area contributed by atoms with Gasteiger partial charge in [0.2, 0.25) is 11.9 Å². The molecule has 17 heavy (non-hydrogen) atoms. The molecule has 0 unspecified atom stereocenters. The molecule has 0 radical (unpaired) electrons. The van der Waals surface area contributed by atoms with Gasteiger partial charge >= 0.3 is 0 Å². The van der Waals surface area contributed by atoms with Gasteiger partial charge in [-0.1, -0.05) is 13.8 Å². The molecule has 0 fully saturated rings. The summed E-state index contributed by atoms with van der Waals surface area (Å²) in [6.45, 7) is 7.31. The van der Waals surface area contributed by atoms with Crippen molar-refractivity contribution >= 4 is 11.9 Å². The highest BCUT2D eigenvalue weighted by Crippen LogP contribution is 1.98. The van der Waals surface area contributed by atoms with Crippen LogP contribution in [-0.2, 0) is 4.79 Å². The van der Waals surface area contributed by atoms with Crippen molar-refractivity contribution in [1.29, 1.82) is 0 Å². The summed E-state index contributed by atoms with van der Waals surface area (Å²) in [6.07, 6.45) is 2.13. The fourth-order valence-electron chi connectivity index (χ4n) is 1.23. The van der Waals surface area contributed by atoms with Crippen LogP contribution >= 0.6 is 0 Å². The largest absolute Gasteiger partial charge is 0.356 e. The highest BCUT2D eigenvalue weighted by Gasteiger charge is 2.02. The Labute approximate surface area is 102 Å². The Hall–Kier alpha value is -1.65. The summed E-state index contributed by atoms with van der Waals surface area (Å²) >= 11 is 0. The van der Waals surface area contributed by atoms with Gasteiger partial charge in [0.25, 0.3) is 0 Å². The third-order valence-corrected chi connectivity index (χ3v) is 2.14. The number of carbonyl (C=O) groups excluding carboxylic acids is 1. The van der Waals surface area contributed by atoms with E-state index in [2.05, 4.69) is 34.4 Å². The van der Waals surface area contributed by atoms with Gasteiger partial charge in [0.05, 0.1) is 0 Å². The average molecular weight is 236 g/mol. The average Bonchev–Trinajstić information content (AvgIpc) is 2.26. The molecule has 0 aliphatic heterocycles. The maximum atomic E-state index is 11.4. The van der Waals surface area contributed by atoms with E-state index in [1.54, 1.807) is 6.20 Å². The SMILES string of the molecule is Cc1ccnc(NCCC(=O)NCC(C)C)n1. The molecule has 1 amide bonds. The number of rotatable bonds is 6. The van der Waals surface area contributed by atoms with Crippen molar-refractivity contribution in [3.63, 3.8) is 0 Å². The topological polar surface area (TPSA) is 66.9 Å². The highest BCUT2D eigenvalue weighted by molar-refractivity contribution is 5.76. The molecule has 0 aliphatic rings. The lowest BCUT2D eigenvalue weighted by Crippen LogP contribution is -2.28. The van der Waals surface area contributed by atoms with Crippen molar-refractivity contribution in [2.75, 3.05) is 18.4 Å². The van der Waals surface area contributed by atoms with Crippen LogP contribution < -0.4 is 10.6 Å². The lowest BCUT2D eigenvalue weighted by molar-refractivity contribution is -0.120. The quantitative estimate of drug-likeness (QED) is 0.782. The lowest BCUT2D eigenvalue weighted by Gasteiger charge is -2.08. The molecule has 5 heteroatoms. The minimum absolute atomic E-state index is 0.0545. The fraction of sp³-hybridized carbons (Fsp3) is 0.583. The Morgan fingerprint density at radius 2 is 2.24 bits per heavy atom. The molecule has 1 aromatic rings. The molecule has 2 N–H and O–H groups in total. The van der Waals surface area contributed by atoms with Gasteiger partial charge < -0.3 is 10.6 Å². The van der Waals surface area contributed by atoms with Gasteiger partial charge in [-0.3, -0.25) is 4.79 Å². The molecule has 1 rings (SSSR count). The van der Waals surface area contributed by atoms with E-state index in [0.29, 0.717) is 24.8 Å². The van der Waals surface area contributed by atoms with Gasteiger partial charge in [-0.2, -0.15) is 0 Å². The summed E-state index contributed by atoms with van der Waals surface area (Å²) in [5, 5.41) is 5.88. The molecule has 0 saturated heterocycles. The smallest absolute Gasteiger partial charge is 0.222 e. The highest BCUT2D eigenvalue weighted by atomic mass is 16.1. The number of amides is 1. The standard InChI is InChI=1S/C12H20N4O/c1-9(2)8-15-11(17)5-7-14-12-13-6-4-10(3)16-12/h4,6,9H,5,7-8H2,1-3H3,(H,15,17)(H,13,14,16). The monoisotopic (exact) mass is 236 g/mol. The van der Waals surface area contributed by atoms with Crippen molar-refractivity contribution < 1.29 is 4.79 Å². The van der Waals surface area contributed by atoms with Crippen molar-refractivity contribution in [2.45, 2.75) is 27.2 Å². The molecular formula is C12H20N4O. The molecule has 5 nitrogen and oxygen atoms in total. The van der Waals surface area contributed by atoms with Crippen LogP contribution in [0.15, 0.2) is 12.3 Å². The van der Waals surface area contributed by atoms with Crippen molar-refractivity contribution in [3.05, 3.63) is 18.0 Å². The van der Waals surface area contributed by atoms with E-state index in [4.69, 9.17) is 0 Å². The number of nitrogens with zero attached hydrogens (tertiary/aromatic N) is 2. The van der Waals surface area contributed by atoms with E-state index in [1.165, 1.54) is 0 Å². The van der Waals surface area contributed by atoms with Gasteiger partial charge in [0.15, 0.2) is 0 Å². The molecule has 0 atom stereocenters. The van der Waals surface area contributed by atoms with Crippen LogP contribution in [0.1, 0.15) is 26.0 Å². The van der Waals surface area contributed by atoms with E-state index in [-0.39, 0.29) is 5.91 Å². The molecule has 0 bridgehead atoms. The number of carbonyl (C=O) groups is 1. The van der Waals surface area contributed by atoms with Crippen molar-refractivity contribution in [1.82, 2.24) is 15.3 Å². The van der Waals surface area contributed by atoms with E-state index < -0.39 is 0 Å². The Kier molecular flexibility index (Phi) is 5.39. The lowest BCUT2D eigenvalue weighted by atomic mass is 10.2. The second-order valence-electron chi connectivity index (χ2n) is 4.40. The van der Waals surface area contributed by atoms with Gasteiger partial charge in [0.1, 0.15) is 0 Å². The molecule has 0 saturated carbocycles. The summed E-state index contributed by atoms with van der Waals surface area (Å²) in [7, 11) is 0. The molecule has 1 aromatic heterocycles. The molecule has 0 aliphatic carbocycles. The van der Waals surface area contributed by atoms with Gasteiger partial charge in [-0.15, -0.1) is 0 Å². The third kappa shape index (κ3) is 5.85. The third-order valence-electron chi connectivity index (χ3n) is 2.14. The van der Waals surface area contributed by atoms with E-state index in [9.17, 15) is 4.79 Å². The Bertz CT molecular complexity index is 365. The van der Waals surface area contributed by atoms with Crippen LogP contribution in [0, 0.1) is 12.8 Å². The Morgan fingerprint density at radius 1 is 1.47 bits per heavy atom. The summed E-state index contributed by atoms with van der Waals surface area (Å²) in [5.41, 5.74) is 0.909. The molecular weight excluding hydrogens is 216 g/mol. The van der Waals surface area contributed by atoms with Crippen LogP contribution in [-0.4, -0.2) is 29.0 Å². The zero-order chi connectivity index (χ0) is 12.7. The number of aryl methyl sites for hydroxylation is 1. The number of aromatic nitrogens is 2. The van der Waals surface area contributed by atoms with Gasteiger partial charge in [0, 0.05) is 31.4 Å². The zero-order valence-corrected chi connectivity index (χ0v) is 10.7. The zero-order valence-electron chi connectivity index (χ0n) is 10.7.